The summed E-state index contributed by atoms with van der Waals surface area (Å²) in [6.45, 7) is 0.976. The second-order valence-electron chi connectivity index (χ2n) is 11.2. The summed E-state index contributed by atoms with van der Waals surface area (Å²) >= 11 is 0. The van der Waals surface area contributed by atoms with Crippen molar-refractivity contribution in [3.8, 4) is 11.3 Å². The smallest absolute Gasteiger partial charge is 0.273 e. The van der Waals surface area contributed by atoms with Crippen molar-refractivity contribution in [2.45, 2.75) is 68.7 Å². The lowest BCUT2D eigenvalue weighted by atomic mass is 9.85. The Labute approximate surface area is 235 Å². The highest BCUT2D eigenvalue weighted by atomic mass is 19.1. The molecule has 1 saturated heterocycles. The van der Waals surface area contributed by atoms with E-state index in [0.717, 1.165) is 50.7 Å². The van der Waals surface area contributed by atoms with E-state index in [1.54, 1.807) is 18.5 Å². The summed E-state index contributed by atoms with van der Waals surface area (Å²) in [7, 11) is 0. The van der Waals surface area contributed by atoms with E-state index < -0.39 is 41.1 Å². The van der Waals surface area contributed by atoms with E-state index in [2.05, 4.69) is 30.7 Å². The number of aliphatic hydroxyl groups is 1. The van der Waals surface area contributed by atoms with Gasteiger partial charge in [-0.1, -0.05) is 18.0 Å². The van der Waals surface area contributed by atoms with Crippen molar-refractivity contribution in [3.63, 3.8) is 0 Å². The molecule has 2 amide bonds. The molecule has 0 unspecified atom stereocenters. The minimum Gasteiger partial charge on any atom is -0.391 e. The first kappa shape index (κ1) is 27.4. The number of nitrogens with zero attached hydrogens (tertiary/aromatic N) is 4. The van der Waals surface area contributed by atoms with Crippen molar-refractivity contribution < 1.29 is 28.0 Å². The third kappa shape index (κ3) is 5.71. The summed E-state index contributed by atoms with van der Waals surface area (Å²) in [5.41, 5.74) is -0.725. The van der Waals surface area contributed by atoms with Crippen LogP contribution in [0.1, 0.15) is 61.3 Å². The molecule has 4 atom stereocenters. The second-order valence-corrected chi connectivity index (χ2v) is 11.2. The van der Waals surface area contributed by atoms with Gasteiger partial charge in [-0.25, -0.2) is 18.7 Å². The van der Waals surface area contributed by atoms with Crippen molar-refractivity contribution in [3.05, 3.63) is 65.9 Å². The highest BCUT2D eigenvalue weighted by Crippen LogP contribution is 2.44. The van der Waals surface area contributed by atoms with Crippen LogP contribution in [0.4, 0.5) is 8.78 Å². The van der Waals surface area contributed by atoms with E-state index >= 15 is 0 Å². The van der Waals surface area contributed by atoms with E-state index in [1.165, 1.54) is 12.1 Å². The molecule has 3 fully saturated rings. The molecule has 3 aliphatic rings. The number of hydrogen-bond donors (Lipinski definition) is 3. The topological polar surface area (TPSA) is 133 Å². The largest absolute Gasteiger partial charge is 0.391 e. The van der Waals surface area contributed by atoms with E-state index in [-0.39, 0.29) is 29.0 Å². The molecule has 1 aliphatic heterocycles. The summed E-state index contributed by atoms with van der Waals surface area (Å²) in [5.74, 6) is -2.41. The molecule has 216 valence electrons. The van der Waals surface area contributed by atoms with Crippen LogP contribution in [-0.2, 0) is 10.3 Å². The number of aliphatic hydroxyl groups excluding tert-OH is 1. The van der Waals surface area contributed by atoms with Gasteiger partial charge in [-0.3, -0.25) is 14.5 Å². The number of likely N-dealkylation sites (tertiary alicyclic amines) is 1. The number of aromatic nitrogens is 3. The van der Waals surface area contributed by atoms with Gasteiger partial charge < -0.3 is 20.3 Å². The molecule has 3 N–H and O–H groups in total. The summed E-state index contributed by atoms with van der Waals surface area (Å²) in [6.07, 6.45) is 8.36. The van der Waals surface area contributed by atoms with Gasteiger partial charge in [-0.05, 0) is 50.3 Å². The van der Waals surface area contributed by atoms with Crippen molar-refractivity contribution in [1.82, 2.24) is 30.7 Å². The van der Waals surface area contributed by atoms with Crippen molar-refractivity contribution >= 4 is 11.8 Å². The molecule has 3 heterocycles. The Balaban J connectivity index is 1.20. The Bertz CT molecular complexity index is 1420. The zero-order valence-electron chi connectivity index (χ0n) is 22.4. The number of benzene rings is 1. The standard InChI is InChI=1S/C29H32F2N6O4/c30-17-6-7-18(20(31)14-17)25-15-22(36-41-25)27(40)34-21-8-13-37(23-4-1-2-5-24(23)38)16-19(21)26(39)35-29(9-10-29)28-32-11-3-12-33-28/h3,6-7,11-12,14-15,19,21,23-24,38H,1-2,4-5,8-10,13,16H2,(H,34,40)(H,35,39)/t19-,21-,23+,24-/m1/s1. The number of nitrogens with one attached hydrogen (secondary N) is 2. The molecule has 3 aromatic rings. The van der Waals surface area contributed by atoms with E-state index in [9.17, 15) is 23.5 Å². The first-order chi connectivity index (χ1) is 19.8. The van der Waals surface area contributed by atoms with Crippen LogP contribution >= 0.6 is 0 Å². The average Bonchev–Trinajstić information content (AvgIpc) is 3.59. The lowest BCUT2D eigenvalue weighted by molar-refractivity contribution is -0.130. The SMILES string of the molecule is O=C(N[C@@H]1CCN([C@H]2CCCC[C@H]2O)C[C@H]1C(=O)NC1(c2ncccn2)CC1)c1cc(-c2ccc(F)cc2F)on1. The van der Waals surface area contributed by atoms with Crippen molar-refractivity contribution in [2.24, 2.45) is 5.92 Å². The van der Waals surface area contributed by atoms with Crippen molar-refractivity contribution in [2.75, 3.05) is 13.1 Å². The van der Waals surface area contributed by atoms with Crippen LogP contribution < -0.4 is 10.6 Å². The maximum atomic E-state index is 14.2. The monoisotopic (exact) mass is 566 g/mol. The molecule has 0 radical (unpaired) electrons. The Hall–Kier alpha value is -3.77. The Kier molecular flexibility index (Phi) is 7.52. The van der Waals surface area contributed by atoms with Crippen LogP contribution in [0.3, 0.4) is 0 Å². The number of rotatable bonds is 7. The van der Waals surface area contributed by atoms with Gasteiger partial charge >= 0.3 is 0 Å². The van der Waals surface area contributed by atoms with Crippen LogP contribution in [-0.4, -0.2) is 68.2 Å². The number of carbonyl (C=O) groups excluding carboxylic acids is 2. The highest BCUT2D eigenvalue weighted by Gasteiger charge is 2.50. The molecule has 0 spiro atoms. The molecular weight excluding hydrogens is 534 g/mol. The minimum absolute atomic E-state index is 0.0124. The van der Waals surface area contributed by atoms with Gasteiger partial charge in [-0.15, -0.1) is 0 Å². The van der Waals surface area contributed by atoms with E-state index in [1.807, 2.05) is 0 Å². The Morgan fingerprint density at radius 2 is 1.85 bits per heavy atom. The molecule has 0 bridgehead atoms. The predicted molar refractivity (Wildman–Crippen MR) is 142 cm³/mol. The first-order valence-electron chi connectivity index (χ1n) is 14.1. The molecule has 12 heteroatoms. The molecule has 10 nitrogen and oxygen atoms in total. The van der Waals surface area contributed by atoms with Crippen LogP contribution in [0.5, 0.6) is 0 Å². The number of hydrogen-bond acceptors (Lipinski definition) is 8. The fourth-order valence-corrected chi connectivity index (χ4v) is 6.08. The highest BCUT2D eigenvalue weighted by molar-refractivity contribution is 5.94. The van der Waals surface area contributed by atoms with Gasteiger partial charge in [0.15, 0.2) is 17.3 Å². The normalized spacial score (nSPS) is 25.8. The predicted octanol–water partition coefficient (Wildman–Crippen LogP) is 2.94. The zero-order chi connectivity index (χ0) is 28.6. The average molecular weight is 567 g/mol. The Morgan fingerprint density at radius 1 is 1.07 bits per heavy atom. The van der Waals surface area contributed by atoms with Crippen LogP contribution in [0.15, 0.2) is 47.2 Å². The van der Waals surface area contributed by atoms with Crippen molar-refractivity contribution in [1.29, 1.82) is 0 Å². The van der Waals surface area contributed by atoms with E-state index in [4.69, 9.17) is 4.52 Å². The number of carbonyl (C=O) groups is 2. The van der Waals surface area contributed by atoms with Gasteiger partial charge in [0.05, 0.1) is 23.1 Å². The summed E-state index contributed by atoms with van der Waals surface area (Å²) < 4.78 is 32.7. The molecule has 2 saturated carbocycles. The summed E-state index contributed by atoms with van der Waals surface area (Å²) in [6, 6.07) is 5.49. The number of amides is 2. The van der Waals surface area contributed by atoms with Crippen LogP contribution in [0, 0.1) is 17.6 Å². The lowest BCUT2D eigenvalue weighted by Crippen LogP contribution is -2.60. The van der Waals surface area contributed by atoms with Gasteiger partial charge in [0.2, 0.25) is 5.91 Å². The minimum atomic E-state index is -0.835. The third-order valence-corrected chi connectivity index (χ3v) is 8.51. The lowest BCUT2D eigenvalue weighted by Gasteiger charge is -2.44. The van der Waals surface area contributed by atoms with Gasteiger partial charge in [0.1, 0.15) is 11.6 Å². The first-order valence-corrected chi connectivity index (χ1v) is 14.1. The zero-order valence-corrected chi connectivity index (χ0v) is 22.4. The fraction of sp³-hybridized carbons (Fsp3) is 0.483. The van der Waals surface area contributed by atoms with Crippen LogP contribution in [0.2, 0.25) is 0 Å². The maximum Gasteiger partial charge on any atom is 0.273 e. The molecular formula is C29H32F2N6O4. The van der Waals surface area contributed by atoms with Gasteiger partial charge in [0, 0.05) is 49.7 Å². The second kappa shape index (κ2) is 11.2. The third-order valence-electron chi connectivity index (χ3n) is 8.51. The molecule has 41 heavy (non-hydrogen) atoms. The quantitative estimate of drug-likeness (QED) is 0.398. The summed E-state index contributed by atoms with van der Waals surface area (Å²) in [5, 5.41) is 20.6. The van der Waals surface area contributed by atoms with E-state index in [0.29, 0.717) is 25.3 Å². The van der Waals surface area contributed by atoms with Gasteiger partial charge in [-0.2, -0.15) is 0 Å². The molecule has 1 aromatic carbocycles. The maximum absolute atomic E-state index is 14.2. The fourth-order valence-electron chi connectivity index (χ4n) is 6.08. The van der Waals surface area contributed by atoms with Gasteiger partial charge in [0.25, 0.3) is 5.91 Å². The Morgan fingerprint density at radius 3 is 2.59 bits per heavy atom. The summed E-state index contributed by atoms with van der Waals surface area (Å²) in [4.78, 5) is 37.9. The molecule has 2 aliphatic carbocycles. The number of halogens is 2. The number of piperidine rings is 1. The molecule has 6 rings (SSSR count). The van der Waals surface area contributed by atoms with Crippen LogP contribution in [0.25, 0.3) is 11.3 Å². The molecule has 2 aromatic heterocycles.